The maximum absolute atomic E-state index is 10.1. The van der Waals surface area contributed by atoms with Crippen molar-refractivity contribution in [1.82, 2.24) is 0 Å². The molecule has 0 saturated heterocycles. The van der Waals surface area contributed by atoms with Crippen LogP contribution in [0.1, 0.15) is 17.8 Å². The van der Waals surface area contributed by atoms with Gasteiger partial charge in [-0.3, -0.25) is 0 Å². The van der Waals surface area contributed by atoms with E-state index in [-0.39, 0.29) is 59.0 Å². The van der Waals surface area contributed by atoms with Crippen LogP contribution in [0, 0.1) is 0 Å². The Morgan fingerprint density at radius 1 is 0.316 bits per heavy atom. The molecule has 0 amide bonds. The summed E-state index contributed by atoms with van der Waals surface area (Å²) in [5, 5.41) is 6.06. The lowest BCUT2D eigenvalue weighted by atomic mass is 9.85. The van der Waals surface area contributed by atoms with Gasteiger partial charge in [-0.25, -0.2) is 0 Å². The summed E-state index contributed by atoms with van der Waals surface area (Å²) < 4.78 is 121. The van der Waals surface area contributed by atoms with E-state index in [0.717, 1.165) is 32.5 Å². The lowest BCUT2D eigenvalue weighted by Gasteiger charge is -2.23. The molecule has 11 aromatic carbocycles. The Morgan fingerprint density at radius 3 is 1.53 bits per heavy atom. The first-order valence-electron chi connectivity index (χ1n) is 25.1. The third kappa shape index (κ3) is 5.03. The van der Waals surface area contributed by atoms with Gasteiger partial charge in [0.15, 0.2) is 0 Å². The first-order chi connectivity index (χ1) is 33.7. The quantitative estimate of drug-likeness (QED) is 0.160. The van der Waals surface area contributed by atoms with Crippen molar-refractivity contribution in [2.75, 3.05) is 0 Å². The lowest BCUT2D eigenvalue weighted by molar-refractivity contribution is 0.487. The predicted octanol–water partition coefficient (Wildman–Crippen LogP) is 15.8. The number of benzene rings is 11. The molecule has 1 aliphatic heterocycles. The molecule has 1 nitrogen and oxygen atoms in total. The average molecular weight is 736 g/mol. The molecule has 0 bridgehead atoms. The van der Waals surface area contributed by atoms with Crippen molar-refractivity contribution in [2.45, 2.75) is 0 Å². The van der Waals surface area contributed by atoms with E-state index in [2.05, 4.69) is 0 Å². The minimum absolute atomic E-state index is 0.0000284. The second-order valence-corrected chi connectivity index (χ2v) is 14.2. The van der Waals surface area contributed by atoms with E-state index >= 15 is 0 Å². The molecule has 264 valence electrons. The molecule has 1 heterocycles. The van der Waals surface area contributed by atoms with Crippen LogP contribution in [-0.4, -0.2) is 0 Å². The largest absolute Gasteiger partial charge is 0.456 e. The van der Waals surface area contributed by atoms with E-state index in [1.54, 1.807) is 24.3 Å². The van der Waals surface area contributed by atoms with Crippen molar-refractivity contribution in [3.05, 3.63) is 206 Å². The van der Waals surface area contributed by atoms with Crippen molar-refractivity contribution in [3.63, 3.8) is 0 Å². The summed E-state index contributed by atoms with van der Waals surface area (Å²) in [7, 11) is 0. The Labute approximate surface area is 349 Å². The zero-order chi connectivity index (χ0) is 48.8. The van der Waals surface area contributed by atoms with Gasteiger partial charge in [0.2, 0.25) is 0 Å². The molecule has 12 rings (SSSR count). The number of ether oxygens (including phenoxy) is 1. The Bertz CT molecular complexity index is 4070. The minimum Gasteiger partial charge on any atom is -0.456 e. The molecule has 0 spiro atoms. The monoisotopic (exact) mass is 735 g/mol. The van der Waals surface area contributed by atoms with Gasteiger partial charge in [0.25, 0.3) is 0 Å². The summed E-state index contributed by atoms with van der Waals surface area (Å²) in [5.74, 6) is 1.04. The normalized spacial score (nSPS) is 15.2. The summed E-state index contributed by atoms with van der Waals surface area (Å²) in [6.45, 7) is 0. The molecule has 0 atom stereocenters. The first kappa shape index (κ1) is 21.6. The van der Waals surface area contributed by atoms with Gasteiger partial charge in [0.05, 0.1) is 17.8 Å². The molecule has 0 N–H and O–H groups in total. The third-order valence-corrected chi connectivity index (χ3v) is 11.1. The van der Waals surface area contributed by atoms with Gasteiger partial charge in [-0.1, -0.05) is 170 Å². The number of fused-ring (bicyclic) bond motifs is 2. The maximum Gasteiger partial charge on any atom is 0.135 e. The predicted molar refractivity (Wildman–Crippen MR) is 240 cm³/mol. The zero-order valence-corrected chi connectivity index (χ0v) is 30.0. The third-order valence-electron chi connectivity index (χ3n) is 11.1. The van der Waals surface area contributed by atoms with Crippen molar-refractivity contribution in [1.29, 1.82) is 0 Å². The minimum atomic E-state index is -0.478. The average Bonchev–Trinajstić information content (AvgIpc) is 3.37. The number of hydrogen-bond donors (Lipinski definition) is 0. The Balaban J connectivity index is 1.09. The summed E-state index contributed by atoms with van der Waals surface area (Å²) in [5.41, 5.74) is 5.17. The molecule has 0 fully saturated rings. The molecule has 1 heteroatoms. The SMILES string of the molecule is [2H]c1c([2H])c([2H])c(-c2ccc3c4c(cccc24)-c2cc(-c4c([2H])c(-c5ccccc5)c([2H])c(-c5ccc6ccc7c(-c8c([2H])c([2H])c([2H])c([2H])c8[2H])ccc8ccc5c6c87)c4[2H])ccc2O3)c([2H])c1[2H]. The summed E-state index contributed by atoms with van der Waals surface area (Å²) >= 11 is 0. The number of hydrogen-bond acceptors (Lipinski definition) is 1. The molecule has 0 aromatic heterocycles. The van der Waals surface area contributed by atoms with Gasteiger partial charge < -0.3 is 4.74 Å². The van der Waals surface area contributed by atoms with Gasteiger partial charge in [0.1, 0.15) is 11.5 Å². The van der Waals surface area contributed by atoms with Gasteiger partial charge >= 0.3 is 0 Å². The van der Waals surface area contributed by atoms with Gasteiger partial charge in [-0.05, 0) is 135 Å². The van der Waals surface area contributed by atoms with E-state index in [9.17, 15) is 4.11 Å². The molecule has 0 aliphatic carbocycles. The van der Waals surface area contributed by atoms with Crippen LogP contribution in [0.25, 0.3) is 110 Å². The maximum atomic E-state index is 10.1. The van der Waals surface area contributed by atoms with Crippen LogP contribution in [0.3, 0.4) is 0 Å². The fourth-order valence-electron chi connectivity index (χ4n) is 8.51. The van der Waals surface area contributed by atoms with Crippen LogP contribution in [-0.2, 0) is 0 Å². The van der Waals surface area contributed by atoms with Crippen LogP contribution < -0.4 is 4.74 Å². The van der Waals surface area contributed by atoms with Crippen molar-refractivity contribution < 1.29 is 22.6 Å². The highest BCUT2D eigenvalue weighted by atomic mass is 16.5. The summed E-state index contributed by atoms with van der Waals surface area (Å²) in [6, 6.07) is 35.1. The lowest BCUT2D eigenvalue weighted by Crippen LogP contribution is -1.98. The van der Waals surface area contributed by atoms with Gasteiger partial charge in [0, 0.05) is 10.9 Å². The fourth-order valence-corrected chi connectivity index (χ4v) is 8.51. The van der Waals surface area contributed by atoms with E-state index in [1.807, 2.05) is 103 Å². The van der Waals surface area contributed by atoms with Crippen LogP contribution in [0.4, 0.5) is 0 Å². The zero-order valence-electron chi connectivity index (χ0n) is 43.0. The highest BCUT2D eigenvalue weighted by molar-refractivity contribution is 6.27. The molecule has 0 saturated carbocycles. The Morgan fingerprint density at radius 2 is 0.860 bits per heavy atom. The summed E-state index contributed by atoms with van der Waals surface area (Å²) in [4.78, 5) is 0. The molecular weight excluding hydrogens is 689 g/mol. The van der Waals surface area contributed by atoms with E-state index in [0.29, 0.717) is 72.2 Å². The Kier molecular flexibility index (Phi) is 4.74. The molecule has 1 aliphatic rings. The first-order valence-corrected chi connectivity index (χ1v) is 18.6. The van der Waals surface area contributed by atoms with Crippen LogP contribution in [0.5, 0.6) is 11.5 Å². The molecule has 11 aromatic rings. The van der Waals surface area contributed by atoms with Crippen LogP contribution in [0.15, 0.2) is 206 Å². The highest BCUT2D eigenvalue weighted by Crippen LogP contribution is 2.50. The Hall–Kier alpha value is -7.48. The van der Waals surface area contributed by atoms with E-state index in [4.69, 9.17) is 18.4 Å². The molecule has 0 radical (unpaired) electrons. The summed E-state index contributed by atoms with van der Waals surface area (Å²) in [6.07, 6.45) is 0. The smallest absolute Gasteiger partial charge is 0.135 e. The van der Waals surface area contributed by atoms with Gasteiger partial charge in [-0.2, -0.15) is 0 Å². The van der Waals surface area contributed by atoms with Crippen molar-refractivity contribution in [3.8, 4) is 78.3 Å². The van der Waals surface area contributed by atoms with E-state index in [1.165, 1.54) is 0 Å². The van der Waals surface area contributed by atoms with Crippen molar-refractivity contribution in [2.24, 2.45) is 0 Å². The standard InChI is InChI=1S/C56H34O/c1-4-11-35(12-5-1)41-31-42(40-23-29-52-51(34-40)48-18-10-17-47-45(37-15-8-3-9-16-37)28-30-53(57-52)56(47)48)33-43(32-41)46-25-20-39-21-26-49-44(36-13-6-2-7-14-36)24-19-38-22-27-50(46)55(39)54(38)49/h1-34H/i2D,3D,6D,7D,8D,9D,13D,14D,15D,16D,31D,32D,33D. The van der Waals surface area contributed by atoms with E-state index < -0.39 is 36.3 Å². The second kappa shape index (κ2) is 12.5. The van der Waals surface area contributed by atoms with Crippen molar-refractivity contribution >= 4 is 43.1 Å². The number of rotatable bonds is 5. The molecular formula is C56H34O. The molecule has 57 heavy (non-hydrogen) atoms. The second-order valence-electron chi connectivity index (χ2n) is 14.2. The van der Waals surface area contributed by atoms with Crippen LogP contribution >= 0.6 is 0 Å². The fraction of sp³-hybridized carbons (Fsp3) is 0. The van der Waals surface area contributed by atoms with Gasteiger partial charge in [-0.15, -0.1) is 0 Å². The highest BCUT2D eigenvalue weighted by Gasteiger charge is 2.23. The van der Waals surface area contributed by atoms with Crippen LogP contribution in [0.2, 0.25) is 0 Å². The molecule has 0 unspecified atom stereocenters. The topological polar surface area (TPSA) is 9.23 Å².